The van der Waals surface area contributed by atoms with Crippen molar-refractivity contribution in [1.29, 1.82) is 0 Å². The zero-order chi connectivity index (χ0) is 11.7. The minimum absolute atomic E-state index is 0.0914. The van der Waals surface area contributed by atoms with Crippen LogP contribution in [0, 0.1) is 3.57 Å². The molecule has 2 heterocycles. The van der Waals surface area contributed by atoms with E-state index in [1.807, 2.05) is 42.8 Å². The Labute approximate surface area is 106 Å². The second-order valence-corrected chi connectivity index (χ2v) is 4.51. The van der Waals surface area contributed by atoms with Crippen LogP contribution in [0.4, 0.5) is 0 Å². The number of aromatic amines is 1. The summed E-state index contributed by atoms with van der Waals surface area (Å²) in [7, 11) is 1.83. The van der Waals surface area contributed by atoms with Crippen LogP contribution in [0.1, 0.15) is 12.6 Å². The van der Waals surface area contributed by atoms with Crippen LogP contribution >= 0.6 is 22.6 Å². The Kier molecular flexibility index (Phi) is 3.08. The van der Waals surface area contributed by atoms with Crippen molar-refractivity contribution in [2.75, 3.05) is 0 Å². The van der Waals surface area contributed by atoms with Gasteiger partial charge in [0, 0.05) is 13.2 Å². The lowest BCUT2D eigenvalue weighted by Crippen LogP contribution is -2.15. The van der Waals surface area contributed by atoms with E-state index in [9.17, 15) is 4.79 Å². The van der Waals surface area contributed by atoms with Gasteiger partial charge < -0.3 is 4.98 Å². The molecule has 0 aliphatic rings. The summed E-state index contributed by atoms with van der Waals surface area (Å²) < 4.78 is 2.34. The van der Waals surface area contributed by atoms with E-state index in [0.29, 0.717) is 9.39 Å². The molecule has 5 nitrogen and oxygen atoms in total. The number of aryl methyl sites for hydroxylation is 2. The second-order valence-electron chi connectivity index (χ2n) is 3.43. The molecule has 2 aromatic rings. The fourth-order valence-corrected chi connectivity index (χ4v) is 2.06. The zero-order valence-corrected chi connectivity index (χ0v) is 11.1. The van der Waals surface area contributed by atoms with Crippen LogP contribution in [-0.2, 0) is 13.5 Å². The second kappa shape index (κ2) is 4.36. The van der Waals surface area contributed by atoms with Crippen molar-refractivity contribution in [3.8, 4) is 11.4 Å². The molecule has 16 heavy (non-hydrogen) atoms. The van der Waals surface area contributed by atoms with Crippen LogP contribution in [0.15, 0.2) is 17.2 Å². The number of H-pyrrole nitrogens is 1. The molecule has 0 unspecified atom stereocenters. The Morgan fingerprint density at radius 1 is 1.56 bits per heavy atom. The van der Waals surface area contributed by atoms with Crippen molar-refractivity contribution in [2.24, 2.45) is 7.05 Å². The molecule has 0 radical (unpaired) electrons. The molecule has 0 aliphatic carbocycles. The molecule has 0 spiro atoms. The summed E-state index contributed by atoms with van der Waals surface area (Å²) >= 11 is 2.02. The summed E-state index contributed by atoms with van der Waals surface area (Å²) in [5.41, 5.74) is 1.56. The van der Waals surface area contributed by atoms with E-state index in [4.69, 9.17) is 0 Å². The van der Waals surface area contributed by atoms with E-state index in [2.05, 4.69) is 15.1 Å². The van der Waals surface area contributed by atoms with Crippen LogP contribution in [-0.4, -0.2) is 19.7 Å². The predicted octanol–water partition coefficient (Wildman–Crippen LogP) is 1.34. The number of halogens is 1. The third-order valence-corrected chi connectivity index (χ3v) is 3.36. The Morgan fingerprint density at radius 2 is 2.31 bits per heavy atom. The third-order valence-electron chi connectivity index (χ3n) is 2.24. The monoisotopic (exact) mass is 330 g/mol. The normalized spacial score (nSPS) is 10.7. The number of hydrogen-bond donors (Lipinski definition) is 1. The molecular weight excluding hydrogens is 319 g/mol. The van der Waals surface area contributed by atoms with Crippen LogP contribution in [0.2, 0.25) is 0 Å². The molecule has 0 aromatic carbocycles. The summed E-state index contributed by atoms with van der Waals surface area (Å²) in [6.07, 6.45) is 4.25. The molecule has 0 bridgehead atoms. The fraction of sp³-hybridized carbons (Fsp3) is 0.300. The van der Waals surface area contributed by atoms with Gasteiger partial charge in [-0.25, -0.2) is 4.98 Å². The molecule has 6 heteroatoms. The molecule has 0 saturated heterocycles. The zero-order valence-electron chi connectivity index (χ0n) is 8.99. The number of hydrogen-bond acceptors (Lipinski definition) is 3. The first-order chi connectivity index (χ1) is 7.61. The Balaban J connectivity index is 2.59. The van der Waals surface area contributed by atoms with Gasteiger partial charge in [0.1, 0.15) is 5.82 Å². The summed E-state index contributed by atoms with van der Waals surface area (Å²) in [6, 6.07) is 0. The molecule has 0 atom stereocenters. The predicted molar refractivity (Wildman–Crippen MR) is 69.2 cm³/mol. The van der Waals surface area contributed by atoms with Crippen LogP contribution < -0.4 is 5.56 Å². The van der Waals surface area contributed by atoms with Gasteiger partial charge in [0.25, 0.3) is 5.56 Å². The van der Waals surface area contributed by atoms with Gasteiger partial charge in [-0.05, 0) is 29.0 Å². The minimum atomic E-state index is -0.0914. The SMILES string of the molecule is CCc1nc(-c2cnn(C)c2)[nH]c(=O)c1I. The largest absolute Gasteiger partial charge is 0.306 e. The highest BCUT2D eigenvalue weighted by Gasteiger charge is 2.09. The van der Waals surface area contributed by atoms with Crippen molar-refractivity contribution >= 4 is 22.6 Å². The third kappa shape index (κ3) is 2.01. The van der Waals surface area contributed by atoms with E-state index < -0.39 is 0 Å². The van der Waals surface area contributed by atoms with Gasteiger partial charge in [0.05, 0.1) is 21.0 Å². The lowest BCUT2D eigenvalue weighted by atomic mass is 10.3. The number of rotatable bonds is 2. The van der Waals surface area contributed by atoms with E-state index in [1.54, 1.807) is 10.9 Å². The van der Waals surface area contributed by atoms with Crippen molar-refractivity contribution in [1.82, 2.24) is 19.7 Å². The molecule has 2 aromatic heterocycles. The van der Waals surface area contributed by atoms with E-state index in [1.165, 1.54) is 0 Å². The lowest BCUT2D eigenvalue weighted by Gasteiger charge is -2.02. The summed E-state index contributed by atoms with van der Waals surface area (Å²) in [5, 5.41) is 4.05. The molecule has 0 amide bonds. The minimum Gasteiger partial charge on any atom is -0.306 e. The fourth-order valence-electron chi connectivity index (χ4n) is 1.42. The van der Waals surface area contributed by atoms with Crippen LogP contribution in [0.5, 0.6) is 0 Å². The highest BCUT2D eigenvalue weighted by molar-refractivity contribution is 14.1. The number of aromatic nitrogens is 4. The molecule has 1 N–H and O–H groups in total. The van der Waals surface area contributed by atoms with Gasteiger partial charge in [-0.3, -0.25) is 9.48 Å². The topological polar surface area (TPSA) is 63.6 Å². The van der Waals surface area contributed by atoms with Gasteiger partial charge >= 0.3 is 0 Å². The highest BCUT2D eigenvalue weighted by Crippen LogP contribution is 2.14. The summed E-state index contributed by atoms with van der Waals surface area (Å²) in [6.45, 7) is 1.98. The quantitative estimate of drug-likeness (QED) is 0.845. The molecule has 2 rings (SSSR count). The maximum atomic E-state index is 11.7. The lowest BCUT2D eigenvalue weighted by molar-refractivity contribution is 0.768. The Hall–Kier alpha value is -1.18. The van der Waals surface area contributed by atoms with Gasteiger partial charge in [-0.1, -0.05) is 6.92 Å². The first-order valence-corrected chi connectivity index (χ1v) is 5.97. The van der Waals surface area contributed by atoms with E-state index >= 15 is 0 Å². The van der Waals surface area contributed by atoms with Crippen molar-refractivity contribution < 1.29 is 0 Å². The maximum Gasteiger partial charge on any atom is 0.264 e. The molecule has 0 saturated carbocycles. The highest BCUT2D eigenvalue weighted by atomic mass is 127. The number of nitrogens with one attached hydrogen (secondary N) is 1. The first-order valence-electron chi connectivity index (χ1n) is 4.89. The van der Waals surface area contributed by atoms with E-state index in [0.717, 1.165) is 17.7 Å². The molecule has 84 valence electrons. The molecule has 0 aliphatic heterocycles. The van der Waals surface area contributed by atoms with Gasteiger partial charge in [-0.2, -0.15) is 5.10 Å². The van der Waals surface area contributed by atoms with Crippen molar-refractivity contribution in [3.63, 3.8) is 0 Å². The van der Waals surface area contributed by atoms with Gasteiger partial charge in [0.2, 0.25) is 0 Å². The Morgan fingerprint density at radius 3 is 2.88 bits per heavy atom. The first kappa shape index (κ1) is 11.3. The number of nitrogens with zero attached hydrogens (tertiary/aromatic N) is 3. The van der Waals surface area contributed by atoms with Gasteiger partial charge in [0.15, 0.2) is 0 Å². The van der Waals surface area contributed by atoms with Crippen molar-refractivity contribution in [3.05, 3.63) is 32.0 Å². The molecule has 0 fully saturated rings. The molecular formula is C10H11IN4O. The average molecular weight is 330 g/mol. The summed E-state index contributed by atoms with van der Waals surface area (Å²) in [4.78, 5) is 18.8. The van der Waals surface area contributed by atoms with Crippen LogP contribution in [0.3, 0.4) is 0 Å². The van der Waals surface area contributed by atoms with Gasteiger partial charge in [-0.15, -0.1) is 0 Å². The van der Waals surface area contributed by atoms with Crippen molar-refractivity contribution in [2.45, 2.75) is 13.3 Å². The maximum absolute atomic E-state index is 11.7. The Bertz CT molecular complexity index is 572. The smallest absolute Gasteiger partial charge is 0.264 e. The van der Waals surface area contributed by atoms with E-state index in [-0.39, 0.29) is 5.56 Å². The standard InChI is InChI=1S/C10H11IN4O/c1-3-7-8(11)10(16)14-9(13-7)6-4-12-15(2)5-6/h4-5H,3H2,1-2H3,(H,13,14,16). The summed E-state index contributed by atoms with van der Waals surface area (Å²) in [5.74, 6) is 0.579. The average Bonchev–Trinajstić information content (AvgIpc) is 2.69. The van der Waals surface area contributed by atoms with Crippen LogP contribution in [0.25, 0.3) is 11.4 Å².